The number of rotatable bonds is 2. The molecule has 1 saturated carbocycles. The molecular weight excluding hydrogens is 166 g/mol. The molecule has 1 heterocycles. The van der Waals surface area contributed by atoms with Crippen LogP contribution >= 0.6 is 11.8 Å². The van der Waals surface area contributed by atoms with E-state index >= 15 is 0 Å². The van der Waals surface area contributed by atoms with E-state index in [2.05, 4.69) is 6.07 Å². The second kappa shape index (κ2) is 3.70. The summed E-state index contributed by atoms with van der Waals surface area (Å²) < 4.78 is 0. The van der Waals surface area contributed by atoms with E-state index in [0.29, 0.717) is 5.92 Å². The van der Waals surface area contributed by atoms with E-state index in [1.54, 1.807) is 0 Å². The number of thioether (sulfide) groups is 1. The predicted molar refractivity (Wildman–Crippen MR) is 51.9 cm³/mol. The Labute approximate surface area is 78.5 Å². The first-order valence-electron chi connectivity index (χ1n) is 4.89. The van der Waals surface area contributed by atoms with E-state index in [9.17, 15) is 0 Å². The fraction of sp³-hybridized carbons (Fsp3) is 0.900. The Morgan fingerprint density at radius 3 is 2.25 bits per heavy atom. The molecule has 0 bridgehead atoms. The molecule has 0 amide bonds. The highest BCUT2D eigenvalue weighted by molar-refractivity contribution is 8.00. The molecule has 1 atom stereocenters. The average Bonchev–Trinajstić information content (AvgIpc) is 2.47. The summed E-state index contributed by atoms with van der Waals surface area (Å²) in [7, 11) is 0. The van der Waals surface area contributed by atoms with E-state index < -0.39 is 0 Å². The van der Waals surface area contributed by atoms with Gasteiger partial charge in [-0.15, -0.1) is 0 Å². The van der Waals surface area contributed by atoms with Crippen molar-refractivity contribution in [3.05, 3.63) is 0 Å². The lowest BCUT2D eigenvalue weighted by Gasteiger charge is -2.32. The maximum absolute atomic E-state index is 9.06. The van der Waals surface area contributed by atoms with Crippen LogP contribution in [0.4, 0.5) is 0 Å². The van der Waals surface area contributed by atoms with Gasteiger partial charge >= 0.3 is 0 Å². The molecule has 0 aromatic heterocycles. The van der Waals surface area contributed by atoms with Crippen LogP contribution in [-0.2, 0) is 0 Å². The van der Waals surface area contributed by atoms with E-state index in [4.69, 9.17) is 5.26 Å². The first kappa shape index (κ1) is 8.44. The molecule has 12 heavy (non-hydrogen) atoms. The van der Waals surface area contributed by atoms with Gasteiger partial charge in [0, 0.05) is 0 Å². The van der Waals surface area contributed by atoms with E-state index in [1.807, 2.05) is 11.8 Å². The van der Waals surface area contributed by atoms with Crippen LogP contribution in [-0.4, -0.2) is 11.5 Å². The Balaban J connectivity index is 1.92. The normalized spacial score (nSPS) is 27.9. The van der Waals surface area contributed by atoms with Crippen molar-refractivity contribution in [3.8, 4) is 6.07 Å². The fourth-order valence-electron chi connectivity index (χ4n) is 2.37. The molecule has 1 nitrogen and oxygen atoms in total. The monoisotopic (exact) mass is 181 g/mol. The number of hydrogen-bond donors (Lipinski definition) is 0. The van der Waals surface area contributed by atoms with Gasteiger partial charge in [-0.05, 0) is 36.2 Å². The fourth-order valence-corrected chi connectivity index (χ4v) is 3.30. The SMILES string of the molecule is N#CC(C1CCCC1)C1CSC1. The van der Waals surface area contributed by atoms with Crippen LogP contribution in [0.1, 0.15) is 25.7 Å². The molecule has 1 saturated heterocycles. The zero-order valence-electron chi connectivity index (χ0n) is 7.33. The van der Waals surface area contributed by atoms with Crippen molar-refractivity contribution in [1.29, 1.82) is 5.26 Å². The summed E-state index contributed by atoms with van der Waals surface area (Å²) in [5.41, 5.74) is 0. The highest BCUT2D eigenvalue weighted by Gasteiger charge is 2.34. The van der Waals surface area contributed by atoms with Crippen molar-refractivity contribution in [2.75, 3.05) is 11.5 Å². The van der Waals surface area contributed by atoms with Crippen LogP contribution < -0.4 is 0 Å². The van der Waals surface area contributed by atoms with Crippen molar-refractivity contribution < 1.29 is 0 Å². The molecule has 1 aliphatic heterocycles. The molecule has 66 valence electrons. The third-order valence-corrected chi connectivity index (χ3v) is 4.56. The third-order valence-electron chi connectivity index (χ3n) is 3.23. The van der Waals surface area contributed by atoms with Gasteiger partial charge in [-0.2, -0.15) is 17.0 Å². The molecule has 0 radical (unpaired) electrons. The topological polar surface area (TPSA) is 23.8 Å². The summed E-state index contributed by atoms with van der Waals surface area (Å²) >= 11 is 2.00. The zero-order chi connectivity index (χ0) is 8.39. The summed E-state index contributed by atoms with van der Waals surface area (Å²) in [5.74, 6) is 4.38. The van der Waals surface area contributed by atoms with Crippen LogP contribution in [0.15, 0.2) is 0 Å². The number of nitriles is 1. The quantitative estimate of drug-likeness (QED) is 0.654. The molecule has 0 aromatic rings. The molecule has 2 heteroatoms. The molecule has 2 fully saturated rings. The van der Waals surface area contributed by atoms with Gasteiger partial charge in [0.1, 0.15) is 0 Å². The van der Waals surface area contributed by atoms with Crippen molar-refractivity contribution in [2.45, 2.75) is 25.7 Å². The van der Waals surface area contributed by atoms with Crippen molar-refractivity contribution >= 4 is 11.8 Å². The Bertz CT molecular complexity index is 187. The Morgan fingerprint density at radius 1 is 1.17 bits per heavy atom. The Kier molecular flexibility index (Phi) is 2.60. The van der Waals surface area contributed by atoms with E-state index in [0.717, 1.165) is 11.8 Å². The van der Waals surface area contributed by atoms with Crippen LogP contribution in [0.25, 0.3) is 0 Å². The summed E-state index contributed by atoms with van der Waals surface area (Å²) in [5, 5.41) is 9.06. The van der Waals surface area contributed by atoms with Gasteiger partial charge in [-0.1, -0.05) is 12.8 Å². The molecule has 2 aliphatic rings. The molecule has 1 unspecified atom stereocenters. The van der Waals surface area contributed by atoms with Gasteiger partial charge in [-0.3, -0.25) is 0 Å². The summed E-state index contributed by atoms with van der Waals surface area (Å²) in [4.78, 5) is 0. The minimum atomic E-state index is 0.397. The van der Waals surface area contributed by atoms with Gasteiger partial charge in [0.15, 0.2) is 0 Å². The van der Waals surface area contributed by atoms with Crippen LogP contribution in [0.5, 0.6) is 0 Å². The van der Waals surface area contributed by atoms with E-state index in [1.165, 1.54) is 37.2 Å². The third kappa shape index (κ3) is 1.47. The first-order chi connectivity index (χ1) is 5.92. The molecule has 2 rings (SSSR count). The lowest BCUT2D eigenvalue weighted by Crippen LogP contribution is -2.30. The molecule has 0 spiro atoms. The van der Waals surface area contributed by atoms with Crippen LogP contribution in [0.3, 0.4) is 0 Å². The summed E-state index contributed by atoms with van der Waals surface area (Å²) in [6.07, 6.45) is 5.37. The predicted octanol–water partition coefficient (Wildman–Crippen LogP) is 2.68. The lowest BCUT2D eigenvalue weighted by molar-refractivity contribution is 0.324. The maximum atomic E-state index is 9.06. The van der Waals surface area contributed by atoms with Crippen molar-refractivity contribution in [2.24, 2.45) is 17.8 Å². The Hall–Kier alpha value is -0.160. The Morgan fingerprint density at radius 2 is 1.83 bits per heavy atom. The first-order valence-corrected chi connectivity index (χ1v) is 6.04. The summed E-state index contributed by atoms with van der Waals surface area (Å²) in [6, 6.07) is 2.53. The highest BCUT2D eigenvalue weighted by atomic mass is 32.2. The van der Waals surface area contributed by atoms with Gasteiger partial charge in [0.05, 0.1) is 12.0 Å². The summed E-state index contributed by atoms with van der Waals surface area (Å²) in [6.45, 7) is 0. The molecule has 1 aliphatic carbocycles. The minimum Gasteiger partial charge on any atom is -0.198 e. The van der Waals surface area contributed by atoms with Gasteiger partial charge in [0.2, 0.25) is 0 Å². The number of hydrogen-bond acceptors (Lipinski definition) is 2. The van der Waals surface area contributed by atoms with E-state index in [-0.39, 0.29) is 0 Å². The number of nitrogens with zero attached hydrogens (tertiary/aromatic N) is 1. The van der Waals surface area contributed by atoms with Gasteiger partial charge in [-0.25, -0.2) is 0 Å². The zero-order valence-corrected chi connectivity index (χ0v) is 8.15. The minimum absolute atomic E-state index is 0.397. The standard InChI is InChI=1S/C10H15NS/c11-5-10(9-6-12-7-9)8-3-1-2-4-8/h8-10H,1-4,6-7H2. The van der Waals surface area contributed by atoms with Crippen molar-refractivity contribution in [1.82, 2.24) is 0 Å². The average molecular weight is 181 g/mol. The highest BCUT2D eigenvalue weighted by Crippen LogP contribution is 2.40. The van der Waals surface area contributed by atoms with Gasteiger partial charge < -0.3 is 0 Å². The lowest BCUT2D eigenvalue weighted by atomic mass is 9.83. The maximum Gasteiger partial charge on any atom is 0.0662 e. The second-order valence-electron chi connectivity index (χ2n) is 4.00. The van der Waals surface area contributed by atoms with Crippen LogP contribution in [0.2, 0.25) is 0 Å². The van der Waals surface area contributed by atoms with Crippen molar-refractivity contribution in [3.63, 3.8) is 0 Å². The molecular formula is C10H15NS. The van der Waals surface area contributed by atoms with Gasteiger partial charge in [0.25, 0.3) is 0 Å². The molecule has 0 aromatic carbocycles. The largest absolute Gasteiger partial charge is 0.198 e. The smallest absolute Gasteiger partial charge is 0.0662 e. The molecule has 0 N–H and O–H groups in total. The second-order valence-corrected chi connectivity index (χ2v) is 5.07. The van der Waals surface area contributed by atoms with Crippen LogP contribution in [0, 0.1) is 29.1 Å².